The van der Waals surface area contributed by atoms with E-state index in [-0.39, 0.29) is 5.97 Å². The molecule has 0 unspecified atom stereocenters. The highest BCUT2D eigenvalue weighted by molar-refractivity contribution is 5.73. The SMILES string of the molecule is COC(=O)CCC[n+]1c(-c2ccccc2)cc(-c2ccccc2)cc1-c1ccccc1. The van der Waals surface area contributed by atoms with Crippen LogP contribution in [-0.2, 0) is 16.1 Å². The van der Waals surface area contributed by atoms with Crippen molar-refractivity contribution in [3.63, 3.8) is 0 Å². The van der Waals surface area contributed by atoms with Gasteiger partial charge in [0.15, 0.2) is 0 Å². The second-order valence-corrected chi connectivity index (χ2v) is 7.44. The van der Waals surface area contributed by atoms with Crippen LogP contribution in [0.4, 0.5) is 0 Å². The van der Waals surface area contributed by atoms with Gasteiger partial charge in [-0.05, 0) is 35.4 Å². The number of carbonyl (C=O) groups excluding carboxylic acids is 1. The number of methoxy groups -OCH3 is 1. The van der Waals surface area contributed by atoms with Gasteiger partial charge in [0.1, 0.15) is 6.54 Å². The van der Waals surface area contributed by atoms with Crippen LogP contribution in [0.5, 0.6) is 0 Å². The first-order valence-electron chi connectivity index (χ1n) is 10.6. The monoisotopic (exact) mass is 408 g/mol. The summed E-state index contributed by atoms with van der Waals surface area (Å²) in [4.78, 5) is 11.7. The van der Waals surface area contributed by atoms with Gasteiger partial charge in [-0.15, -0.1) is 0 Å². The zero-order valence-corrected chi connectivity index (χ0v) is 17.7. The van der Waals surface area contributed by atoms with Gasteiger partial charge < -0.3 is 4.74 Å². The second kappa shape index (κ2) is 9.86. The van der Waals surface area contributed by atoms with Crippen LogP contribution in [0.3, 0.4) is 0 Å². The molecule has 31 heavy (non-hydrogen) atoms. The molecule has 1 heterocycles. The van der Waals surface area contributed by atoms with Gasteiger partial charge in [0.05, 0.1) is 13.5 Å². The minimum Gasteiger partial charge on any atom is -0.469 e. The molecule has 0 N–H and O–H groups in total. The molecule has 3 nitrogen and oxygen atoms in total. The number of aromatic nitrogens is 1. The van der Waals surface area contributed by atoms with Crippen molar-refractivity contribution in [2.75, 3.05) is 7.11 Å². The van der Waals surface area contributed by atoms with Gasteiger partial charge in [-0.3, -0.25) is 4.79 Å². The van der Waals surface area contributed by atoms with Gasteiger partial charge >= 0.3 is 5.97 Å². The Kier molecular flexibility index (Phi) is 6.53. The Hall–Kier alpha value is -3.72. The van der Waals surface area contributed by atoms with E-state index in [1.54, 1.807) is 0 Å². The topological polar surface area (TPSA) is 30.2 Å². The van der Waals surface area contributed by atoms with E-state index in [1.807, 2.05) is 18.2 Å². The summed E-state index contributed by atoms with van der Waals surface area (Å²) in [5.41, 5.74) is 6.91. The molecule has 0 amide bonds. The van der Waals surface area contributed by atoms with Crippen LogP contribution in [-0.4, -0.2) is 13.1 Å². The molecule has 3 aromatic carbocycles. The number of carbonyl (C=O) groups is 1. The number of nitrogens with zero attached hydrogens (tertiary/aromatic N) is 1. The summed E-state index contributed by atoms with van der Waals surface area (Å²) in [7, 11) is 1.44. The van der Waals surface area contributed by atoms with Crippen LogP contribution in [0.15, 0.2) is 103 Å². The van der Waals surface area contributed by atoms with E-state index in [2.05, 4.69) is 89.5 Å². The van der Waals surface area contributed by atoms with Crippen molar-refractivity contribution >= 4 is 5.97 Å². The molecule has 4 rings (SSSR count). The lowest BCUT2D eigenvalue weighted by molar-refractivity contribution is -0.675. The van der Waals surface area contributed by atoms with Gasteiger partial charge in [-0.2, -0.15) is 4.57 Å². The average Bonchev–Trinajstić information content (AvgIpc) is 2.85. The predicted molar refractivity (Wildman–Crippen MR) is 124 cm³/mol. The molecule has 0 saturated heterocycles. The highest BCUT2D eigenvalue weighted by Gasteiger charge is 2.22. The van der Waals surface area contributed by atoms with Crippen LogP contribution >= 0.6 is 0 Å². The molecule has 0 bridgehead atoms. The van der Waals surface area contributed by atoms with Crippen LogP contribution in [0.25, 0.3) is 33.6 Å². The fraction of sp³-hybridized carbons (Fsp3) is 0.143. The van der Waals surface area contributed by atoms with E-state index in [0.29, 0.717) is 12.8 Å². The second-order valence-electron chi connectivity index (χ2n) is 7.44. The van der Waals surface area contributed by atoms with Crippen molar-refractivity contribution < 1.29 is 14.1 Å². The van der Waals surface area contributed by atoms with Crippen LogP contribution in [0, 0.1) is 0 Å². The Morgan fingerprint density at radius 3 is 1.58 bits per heavy atom. The maximum atomic E-state index is 11.7. The molecule has 154 valence electrons. The molecule has 0 aliphatic carbocycles. The number of hydrogen-bond donors (Lipinski definition) is 0. The summed E-state index contributed by atoms with van der Waals surface area (Å²) in [5.74, 6) is -0.177. The lowest BCUT2D eigenvalue weighted by Gasteiger charge is -2.13. The summed E-state index contributed by atoms with van der Waals surface area (Å²) in [5, 5.41) is 0. The minimum absolute atomic E-state index is 0.177. The predicted octanol–water partition coefficient (Wildman–Crippen LogP) is 5.93. The maximum Gasteiger partial charge on any atom is 0.305 e. The molecule has 0 aliphatic rings. The van der Waals surface area contributed by atoms with E-state index >= 15 is 0 Å². The van der Waals surface area contributed by atoms with Crippen molar-refractivity contribution in [2.45, 2.75) is 19.4 Å². The molecule has 4 aromatic rings. The van der Waals surface area contributed by atoms with Crippen molar-refractivity contribution in [1.82, 2.24) is 0 Å². The number of hydrogen-bond acceptors (Lipinski definition) is 2. The molecule has 0 atom stereocenters. The fourth-order valence-corrected chi connectivity index (χ4v) is 3.84. The Balaban J connectivity index is 1.90. The third-order valence-electron chi connectivity index (χ3n) is 5.40. The van der Waals surface area contributed by atoms with Crippen LogP contribution < -0.4 is 4.57 Å². The zero-order chi connectivity index (χ0) is 21.5. The van der Waals surface area contributed by atoms with Crippen LogP contribution in [0.2, 0.25) is 0 Å². The fourth-order valence-electron chi connectivity index (χ4n) is 3.84. The maximum absolute atomic E-state index is 11.7. The van der Waals surface area contributed by atoms with E-state index in [4.69, 9.17) is 4.74 Å². The van der Waals surface area contributed by atoms with E-state index in [0.717, 1.165) is 29.1 Å². The largest absolute Gasteiger partial charge is 0.469 e. The zero-order valence-electron chi connectivity index (χ0n) is 17.7. The first kappa shape index (κ1) is 20.5. The number of esters is 1. The molecule has 3 heteroatoms. The molecule has 0 fully saturated rings. The normalized spacial score (nSPS) is 10.6. The summed E-state index contributed by atoms with van der Waals surface area (Å²) in [6.45, 7) is 0.721. The molecule has 0 radical (unpaired) electrons. The molecular weight excluding hydrogens is 382 g/mol. The number of pyridine rings is 1. The van der Waals surface area contributed by atoms with Gasteiger partial charge in [-0.25, -0.2) is 0 Å². The average molecular weight is 409 g/mol. The Labute approximate surface area is 183 Å². The minimum atomic E-state index is -0.177. The standard InChI is InChI=1S/C28H26NO2/c1-31-28(30)18-11-19-29-26(23-14-7-3-8-15-23)20-25(22-12-5-2-6-13-22)21-27(29)24-16-9-4-10-17-24/h2-10,12-17,20-21H,11,18-19H2,1H3/q+1. The molecule has 0 spiro atoms. The van der Waals surface area contributed by atoms with Gasteiger partial charge in [0, 0.05) is 29.7 Å². The van der Waals surface area contributed by atoms with E-state index < -0.39 is 0 Å². The third kappa shape index (κ3) is 4.89. The third-order valence-corrected chi connectivity index (χ3v) is 5.40. The van der Waals surface area contributed by atoms with E-state index in [1.165, 1.54) is 18.2 Å². The smallest absolute Gasteiger partial charge is 0.305 e. The summed E-state index contributed by atoms with van der Waals surface area (Å²) in [6.07, 6.45) is 1.11. The highest BCUT2D eigenvalue weighted by atomic mass is 16.5. The Morgan fingerprint density at radius 2 is 1.13 bits per heavy atom. The molecule has 0 aliphatic heterocycles. The quantitative estimate of drug-likeness (QED) is 0.280. The Bertz CT molecular complexity index is 1080. The first-order valence-corrected chi connectivity index (χ1v) is 10.6. The van der Waals surface area contributed by atoms with Crippen molar-refractivity contribution in [3.8, 4) is 33.6 Å². The number of benzene rings is 3. The van der Waals surface area contributed by atoms with Crippen molar-refractivity contribution in [2.24, 2.45) is 0 Å². The number of rotatable bonds is 7. The lowest BCUT2D eigenvalue weighted by Crippen LogP contribution is -2.39. The summed E-state index contributed by atoms with van der Waals surface area (Å²) >= 11 is 0. The van der Waals surface area contributed by atoms with Gasteiger partial charge in [0.2, 0.25) is 11.4 Å². The van der Waals surface area contributed by atoms with E-state index in [9.17, 15) is 4.79 Å². The molecule has 1 aromatic heterocycles. The highest BCUT2D eigenvalue weighted by Crippen LogP contribution is 2.29. The van der Waals surface area contributed by atoms with Crippen LogP contribution in [0.1, 0.15) is 12.8 Å². The van der Waals surface area contributed by atoms with Gasteiger partial charge in [0.25, 0.3) is 0 Å². The van der Waals surface area contributed by atoms with Crippen molar-refractivity contribution in [1.29, 1.82) is 0 Å². The summed E-state index contributed by atoms with van der Waals surface area (Å²) < 4.78 is 7.17. The molecule has 0 saturated carbocycles. The van der Waals surface area contributed by atoms with Gasteiger partial charge in [-0.1, -0.05) is 66.7 Å². The number of ether oxygens (including phenoxy) is 1. The summed E-state index contributed by atoms with van der Waals surface area (Å²) in [6, 6.07) is 35.8. The lowest BCUT2D eigenvalue weighted by atomic mass is 9.99. The molecular formula is C28H26NO2+. The Morgan fingerprint density at radius 1 is 0.677 bits per heavy atom. The van der Waals surface area contributed by atoms with Crippen molar-refractivity contribution in [3.05, 3.63) is 103 Å². The first-order chi connectivity index (χ1) is 15.3.